The minimum Gasteiger partial charge on any atom is -0.480 e. The number of carbonyl (C=O) groups excluding carboxylic acids is 1. The number of benzene rings is 3. The van der Waals surface area contributed by atoms with E-state index < -0.39 is 35.4 Å². The van der Waals surface area contributed by atoms with Gasteiger partial charge in [0.2, 0.25) is 0 Å². The predicted octanol–water partition coefficient (Wildman–Crippen LogP) is 5.64. The Labute approximate surface area is 209 Å². The molecule has 0 unspecified atom stereocenters. The van der Waals surface area contributed by atoms with Crippen LogP contribution >= 0.6 is 11.6 Å². The summed E-state index contributed by atoms with van der Waals surface area (Å²) < 4.78 is 42.3. The topological polar surface area (TPSA) is 84.2 Å². The largest absolute Gasteiger partial charge is 0.480 e. The molecular weight excluding hydrogens is 495 g/mol. The standard InChI is InChI=1S/C26H19ClF3N3O3/c27-19-10-12-20(13-11-19)33-23(26(28,29)30)21(15-31-33)24(34)32-22(25(35)36)14-16-6-8-18(9-7-16)17-4-2-1-3-5-17/h1-13,15,22H,14H2,(H,32,34)(H,35,36)/t22-/m0/s1. The predicted molar refractivity (Wildman–Crippen MR) is 128 cm³/mol. The van der Waals surface area contributed by atoms with Crippen LogP contribution in [0.4, 0.5) is 13.2 Å². The summed E-state index contributed by atoms with van der Waals surface area (Å²) in [4.78, 5) is 24.6. The maximum atomic E-state index is 13.9. The van der Waals surface area contributed by atoms with Crippen molar-refractivity contribution < 1.29 is 27.9 Å². The fraction of sp³-hybridized carbons (Fsp3) is 0.115. The van der Waals surface area contributed by atoms with Crippen molar-refractivity contribution in [3.63, 3.8) is 0 Å². The summed E-state index contributed by atoms with van der Waals surface area (Å²) in [7, 11) is 0. The normalized spacial score (nSPS) is 12.2. The number of halogens is 4. The summed E-state index contributed by atoms with van der Waals surface area (Å²) in [5.74, 6) is -2.58. The van der Waals surface area contributed by atoms with Crippen molar-refractivity contribution in [1.82, 2.24) is 15.1 Å². The molecule has 1 aromatic heterocycles. The first-order valence-electron chi connectivity index (χ1n) is 10.7. The molecule has 184 valence electrons. The van der Waals surface area contributed by atoms with E-state index >= 15 is 0 Å². The lowest BCUT2D eigenvalue weighted by Gasteiger charge is -2.16. The van der Waals surface area contributed by atoms with E-state index in [2.05, 4.69) is 10.4 Å². The van der Waals surface area contributed by atoms with Crippen LogP contribution in [0.3, 0.4) is 0 Å². The highest BCUT2D eigenvalue weighted by atomic mass is 35.5. The third-order valence-corrected chi connectivity index (χ3v) is 5.71. The Morgan fingerprint density at radius 1 is 0.944 bits per heavy atom. The zero-order valence-corrected chi connectivity index (χ0v) is 19.3. The zero-order valence-electron chi connectivity index (χ0n) is 18.5. The van der Waals surface area contributed by atoms with Crippen LogP contribution in [0.2, 0.25) is 5.02 Å². The quantitative estimate of drug-likeness (QED) is 0.335. The Bertz CT molecular complexity index is 1370. The van der Waals surface area contributed by atoms with Gasteiger partial charge in [-0.1, -0.05) is 66.2 Å². The van der Waals surface area contributed by atoms with E-state index in [1.807, 2.05) is 42.5 Å². The molecule has 0 aliphatic heterocycles. The number of carboxylic acids is 1. The average Bonchev–Trinajstić information content (AvgIpc) is 3.31. The minimum atomic E-state index is -4.94. The van der Waals surface area contributed by atoms with Crippen LogP contribution in [-0.4, -0.2) is 32.8 Å². The van der Waals surface area contributed by atoms with E-state index in [0.29, 0.717) is 15.3 Å². The number of amides is 1. The van der Waals surface area contributed by atoms with E-state index in [9.17, 15) is 27.9 Å². The summed E-state index contributed by atoms with van der Waals surface area (Å²) in [5, 5.41) is 15.9. The Kier molecular flexibility index (Phi) is 7.12. The van der Waals surface area contributed by atoms with Gasteiger partial charge in [0, 0.05) is 11.4 Å². The van der Waals surface area contributed by atoms with Crippen LogP contribution in [0.1, 0.15) is 21.6 Å². The van der Waals surface area contributed by atoms with Gasteiger partial charge in [0.15, 0.2) is 5.69 Å². The van der Waals surface area contributed by atoms with Gasteiger partial charge in [0.25, 0.3) is 5.91 Å². The molecule has 4 rings (SSSR count). The third kappa shape index (κ3) is 5.58. The number of hydrogen-bond donors (Lipinski definition) is 2. The first kappa shape index (κ1) is 25.0. The zero-order chi connectivity index (χ0) is 25.9. The Hall–Kier alpha value is -4.11. The molecule has 36 heavy (non-hydrogen) atoms. The van der Waals surface area contributed by atoms with Gasteiger partial charge < -0.3 is 10.4 Å². The van der Waals surface area contributed by atoms with Gasteiger partial charge in [0.05, 0.1) is 17.4 Å². The maximum Gasteiger partial charge on any atom is 0.434 e. The highest BCUT2D eigenvalue weighted by molar-refractivity contribution is 6.30. The van der Waals surface area contributed by atoms with Crippen molar-refractivity contribution in [1.29, 1.82) is 0 Å². The first-order valence-corrected chi connectivity index (χ1v) is 11.1. The van der Waals surface area contributed by atoms with Crippen LogP contribution in [0.25, 0.3) is 16.8 Å². The number of nitrogens with zero attached hydrogens (tertiary/aromatic N) is 2. The summed E-state index contributed by atoms with van der Waals surface area (Å²) in [6, 6.07) is 20.5. The van der Waals surface area contributed by atoms with Gasteiger partial charge in [-0.2, -0.15) is 18.3 Å². The Balaban J connectivity index is 1.56. The second-order valence-electron chi connectivity index (χ2n) is 7.92. The molecule has 0 fully saturated rings. The van der Waals surface area contributed by atoms with Crippen LogP contribution in [0, 0.1) is 0 Å². The maximum absolute atomic E-state index is 13.9. The number of alkyl halides is 3. The molecule has 0 saturated carbocycles. The first-order chi connectivity index (χ1) is 17.1. The number of aliphatic carboxylic acids is 1. The molecule has 1 atom stereocenters. The second-order valence-corrected chi connectivity index (χ2v) is 8.36. The Morgan fingerprint density at radius 2 is 1.56 bits per heavy atom. The molecule has 0 spiro atoms. The molecule has 0 radical (unpaired) electrons. The fourth-order valence-corrected chi connectivity index (χ4v) is 3.83. The smallest absolute Gasteiger partial charge is 0.434 e. The van der Waals surface area contributed by atoms with Crippen LogP contribution in [0.15, 0.2) is 85.1 Å². The van der Waals surface area contributed by atoms with Crippen molar-refractivity contribution in [3.05, 3.63) is 107 Å². The molecule has 10 heteroatoms. The highest BCUT2D eigenvalue weighted by Gasteiger charge is 2.41. The third-order valence-electron chi connectivity index (χ3n) is 5.46. The van der Waals surface area contributed by atoms with Gasteiger partial charge in [0.1, 0.15) is 6.04 Å². The molecule has 0 aliphatic rings. The molecule has 0 saturated heterocycles. The number of hydrogen-bond acceptors (Lipinski definition) is 3. The molecule has 4 aromatic rings. The molecule has 1 heterocycles. The lowest BCUT2D eigenvalue weighted by molar-refractivity contribution is -0.143. The number of carbonyl (C=O) groups is 2. The minimum absolute atomic E-state index is 0.0408. The monoisotopic (exact) mass is 513 g/mol. The van der Waals surface area contributed by atoms with E-state index in [4.69, 9.17) is 11.6 Å². The molecular formula is C26H19ClF3N3O3. The van der Waals surface area contributed by atoms with Crippen molar-refractivity contribution in [2.75, 3.05) is 0 Å². The van der Waals surface area contributed by atoms with Crippen molar-refractivity contribution in [2.24, 2.45) is 0 Å². The highest BCUT2D eigenvalue weighted by Crippen LogP contribution is 2.34. The van der Waals surface area contributed by atoms with Gasteiger partial charge in [-0.25, -0.2) is 9.48 Å². The molecule has 1 amide bonds. The lowest BCUT2D eigenvalue weighted by atomic mass is 10.0. The van der Waals surface area contributed by atoms with E-state index in [0.717, 1.165) is 17.3 Å². The number of aromatic nitrogens is 2. The van der Waals surface area contributed by atoms with Crippen LogP contribution < -0.4 is 5.32 Å². The molecule has 6 nitrogen and oxygen atoms in total. The number of rotatable bonds is 7. The van der Waals surface area contributed by atoms with Crippen molar-refractivity contribution in [3.8, 4) is 16.8 Å². The van der Waals surface area contributed by atoms with Gasteiger partial charge in [-0.3, -0.25) is 4.79 Å². The van der Waals surface area contributed by atoms with E-state index in [1.54, 1.807) is 12.1 Å². The average molecular weight is 514 g/mol. The van der Waals surface area contributed by atoms with Gasteiger partial charge in [-0.05, 0) is 41.0 Å². The van der Waals surface area contributed by atoms with Crippen LogP contribution in [-0.2, 0) is 17.4 Å². The molecule has 2 N–H and O–H groups in total. The summed E-state index contributed by atoms with van der Waals surface area (Å²) >= 11 is 5.81. The van der Waals surface area contributed by atoms with Gasteiger partial charge in [-0.15, -0.1) is 0 Å². The van der Waals surface area contributed by atoms with Crippen molar-refractivity contribution in [2.45, 2.75) is 18.6 Å². The summed E-state index contributed by atoms with van der Waals surface area (Å²) in [6.07, 6.45) is -4.29. The molecule has 0 aliphatic carbocycles. The SMILES string of the molecule is O=C(N[C@@H](Cc1ccc(-c2ccccc2)cc1)C(=O)O)c1cnn(-c2ccc(Cl)cc2)c1C(F)(F)F. The summed E-state index contributed by atoms with van der Waals surface area (Å²) in [5.41, 5.74) is 0.417. The lowest BCUT2D eigenvalue weighted by Crippen LogP contribution is -2.42. The van der Waals surface area contributed by atoms with E-state index in [1.165, 1.54) is 24.3 Å². The molecule has 0 bridgehead atoms. The van der Waals surface area contributed by atoms with E-state index in [-0.39, 0.29) is 12.1 Å². The Morgan fingerprint density at radius 3 is 2.14 bits per heavy atom. The second kappa shape index (κ2) is 10.2. The number of carboxylic acid groups (broad SMARTS) is 1. The number of nitrogens with one attached hydrogen (secondary N) is 1. The van der Waals surface area contributed by atoms with Gasteiger partial charge >= 0.3 is 12.1 Å². The van der Waals surface area contributed by atoms with Crippen LogP contribution in [0.5, 0.6) is 0 Å². The molecule has 3 aromatic carbocycles. The summed E-state index contributed by atoms with van der Waals surface area (Å²) in [6.45, 7) is 0. The fourth-order valence-electron chi connectivity index (χ4n) is 3.70. The van der Waals surface area contributed by atoms with Crippen molar-refractivity contribution >= 4 is 23.5 Å².